The molecule has 0 saturated carbocycles. The van der Waals surface area contributed by atoms with E-state index >= 15 is 0 Å². The van der Waals surface area contributed by atoms with Gasteiger partial charge in [-0.05, 0) is 12.1 Å². The standard InChI is InChI=1S/C18H13FN4O2S/c19-11-3-1-2-10-6-13(25-17(10)11)16-15-12(21-8-22-15)4-5-23(16)18(24)14-7-20-9-26-14/h1-3,6-9,16H,4-5H2,(H,21,22)/t16-/m1/s1. The van der Waals surface area contributed by atoms with Crippen LogP contribution in [0.2, 0.25) is 0 Å². The molecule has 1 atom stereocenters. The molecule has 1 aliphatic rings. The number of halogens is 1. The number of para-hydroxylation sites is 1. The predicted molar refractivity (Wildman–Crippen MR) is 93.5 cm³/mol. The second kappa shape index (κ2) is 5.77. The summed E-state index contributed by atoms with van der Waals surface area (Å²) in [5, 5.41) is 0.660. The van der Waals surface area contributed by atoms with Gasteiger partial charge in [0.25, 0.3) is 5.91 Å². The van der Waals surface area contributed by atoms with Crippen molar-refractivity contribution in [1.82, 2.24) is 19.9 Å². The zero-order chi connectivity index (χ0) is 17.7. The number of amides is 1. The van der Waals surface area contributed by atoms with Crippen LogP contribution in [0.15, 0.2) is 46.7 Å². The highest BCUT2D eigenvalue weighted by molar-refractivity contribution is 7.11. The topological polar surface area (TPSA) is 75.0 Å². The number of carbonyl (C=O) groups is 1. The van der Waals surface area contributed by atoms with Crippen molar-refractivity contribution in [3.8, 4) is 0 Å². The van der Waals surface area contributed by atoms with Crippen molar-refractivity contribution < 1.29 is 13.6 Å². The van der Waals surface area contributed by atoms with Gasteiger partial charge in [-0.3, -0.25) is 9.78 Å². The maximum absolute atomic E-state index is 14.1. The highest BCUT2D eigenvalue weighted by Gasteiger charge is 2.37. The monoisotopic (exact) mass is 368 g/mol. The van der Waals surface area contributed by atoms with Crippen molar-refractivity contribution in [3.63, 3.8) is 0 Å². The Morgan fingerprint density at radius 2 is 2.35 bits per heavy atom. The second-order valence-electron chi connectivity index (χ2n) is 6.09. The number of aromatic amines is 1. The third-order valence-corrected chi connectivity index (χ3v) is 5.37. The van der Waals surface area contributed by atoms with Crippen molar-refractivity contribution in [1.29, 1.82) is 0 Å². The summed E-state index contributed by atoms with van der Waals surface area (Å²) in [6.45, 7) is 0.510. The van der Waals surface area contributed by atoms with E-state index in [4.69, 9.17) is 4.42 Å². The minimum absolute atomic E-state index is 0.132. The molecule has 0 unspecified atom stereocenters. The van der Waals surface area contributed by atoms with Crippen molar-refractivity contribution in [2.45, 2.75) is 12.5 Å². The van der Waals surface area contributed by atoms with Gasteiger partial charge in [-0.2, -0.15) is 0 Å². The summed E-state index contributed by atoms with van der Waals surface area (Å²) in [4.78, 5) is 26.8. The summed E-state index contributed by atoms with van der Waals surface area (Å²) in [6.07, 6.45) is 3.84. The first-order chi connectivity index (χ1) is 12.7. The Bertz CT molecular complexity index is 1100. The molecule has 0 aliphatic carbocycles. The molecule has 5 rings (SSSR count). The van der Waals surface area contributed by atoms with E-state index in [1.807, 2.05) is 0 Å². The molecule has 130 valence electrons. The van der Waals surface area contributed by atoms with Crippen LogP contribution in [0.4, 0.5) is 4.39 Å². The molecule has 1 amide bonds. The van der Waals surface area contributed by atoms with Gasteiger partial charge in [0.2, 0.25) is 0 Å². The quantitative estimate of drug-likeness (QED) is 0.587. The normalized spacial score (nSPS) is 16.8. The lowest BCUT2D eigenvalue weighted by Crippen LogP contribution is -2.40. The van der Waals surface area contributed by atoms with Crippen molar-refractivity contribution in [3.05, 3.63) is 70.1 Å². The summed E-state index contributed by atoms with van der Waals surface area (Å²) in [7, 11) is 0. The van der Waals surface area contributed by atoms with E-state index in [1.165, 1.54) is 17.4 Å². The van der Waals surface area contributed by atoms with E-state index in [9.17, 15) is 9.18 Å². The minimum atomic E-state index is -0.508. The number of fused-ring (bicyclic) bond motifs is 2. The first kappa shape index (κ1) is 15.3. The van der Waals surface area contributed by atoms with Crippen LogP contribution in [0.3, 0.4) is 0 Å². The molecule has 0 fully saturated rings. The van der Waals surface area contributed by atoms with E-state index in [0.717, 1.165) is 11.4 Å². The molecule has 26 heavy (non-hydrogen) atoms. The molecular formula is C18H13FN4O2S. The van der Waals surface area contributed by atoms with Crippen LogP contribution in [0.5, 0.6) is 0 Å². The van der Waals surface area contributed by atoms with Gasteiger partial charge in [0.1, 0.15) is 16.7 Å². The third-order valence-electron chi connectivity index (χ3n) is 4.61. The number of imidazole rings is 1. The molecule has 1 aromatic carbocycles. The van der Waals surface area contributed by atoms with E-state index in [-0.39, 0.29) is 11.5 Å². The van der Waals surface area contributed by atoms with Gasteiger partial charge in [0.15, 0.2) is 11.4 Å². The molecule has 6 nitrogen and oxygen atoms in total. The molecule has 1 aliphatic heterocycles. The van der Waals surface area contributed by atoms with E-state index < -0.39 is 11.9 Å². The molecular weight excluding hydrogens is 355 g/mol. The Balaban J connectivity index is 1.66. The van der Waals surface area contributed by atoms with Crippen LogP contribution in [-0.2, 0) is 6.42 Å². The number of hydrogen-bond acceptors (Lipinski definition) is 5. The number of nitrogens with one attached hydrogen (secondary N) is 1. The molecule has 4 heterocycles. The molecule has 3 aromatic heterocycles. The van der Waals surface area contributed by atoms with Gasteiger partial charge < -0.3 is 14.3 Å². The van der Waals surface area contributed by atoms with Crippen LogP contribution in [-0.4, -0.2) is 32.3 Å². The lowest BCUT2D eigenvalue weighted by molar-refractivity contribution is 0.0677. The van der Waals surface area contributed by atoms with Gasteiger partial charge in [-0.15, -0.1) is 11.3 Å². The molecule has 0 spiro atoms. The lowest BCUT2D eigenvalue weighted by atomic mass is 10.00. The zero-order valence-corrected chi connectivity index (χ0v) is 14.3. The number of hydrogen-bond donors (Lipinski definition) is 1. The molecule has 8 heteroatoms. The van der Waals surface area contributed by atoms with E-state index in [2.05, 4.69) is 15.0 Å². The second-order valence-corrected chi connectivity index (χ2v) is 6.98. The summed E-state index contributed by atoms with van der Waals surface area (Å²) < 4.78 is 19.9. The number of benzene rings is 1. The van der Waals surface area contributed by atoms with Crippen LogP contribution in [0.25, 0.3) is 11.0 Å². The Morgan fingerprint density at radius 1 is 1.42 bits per heavy atom. The Morgan fingerprint density at radius 3 is 3.15 bits per heavy atom. The molecule has 0 saturated heterocycles. The van der Waals surface area contributed by atoms with Gasteiger partial charge in [-0.1, -0.05) is 12.1 Å². The summed E-state index contributed by atoms with van der Waals surface area (Å²) in [5.74, 6) is -0.0600. The third kappa shape index (κ3) is 2.26. The largest absolute Gasteiger partial charge is 0.455 e. The highest BCUT2D eigenvalue weighted by Crippen LogP contribution is 2.37. The Kier molecular flexibility index (Phi) is 3.39. The Hall–Kier alpha value is -3.00. The average molecular weight is 368 g/mol. The number of carbonyl (C=O) groups excluding carboxylic acids is 1. The zero-order valence-electron chi connectivity index (χ0n) is 13.5. The summed E-state index contributed by atoms with van der Waals surface area (Å²) in [6, 6.07) is 6.05. The maximum atomic E-state index is 14.1. The summed E-state index contributed by atoms with van der Waals surface area (Å²) >= 11 is 1.29. The Labute approximate surface area is 151 Å². The van der Waals surface area contributed by atoms with Gasteiger partial charge in [-0.25, -0.2) is 9.37 Å². The van der Waals surface area contributed by atoms with Crippen LogP contribution >= 0.6 is 11.3 Å². The number of furan rings is 1. The fourth-order valence-electron chi connectivity index (χ4n) is 3.43. The fourth-order valence-corrected chi connectivity index (χ4v) is 4.00. The lowest BCUT2D eigenvalue weighted by Gasteiger charge is -2.33. The van der Waals surface area contributed by atoms with E-state index in [0.29, 0.717) is 29.0 Å². The van der Waals surface area contributed by atoms with Crippen molar-refractivity contribution in [2.24, 2.45) is 0 Å². The highest BCUT2D eigenvalue weighted by atomic mass is 32.1. The predicted octanol–water partition coefficient (Wildman–Crippen LogP) is 3.54. The number of aromatic nitrogens is 3. The molecule has 0 radical (unpaired) electrons. The first-order valence-electron chi connectivity index (χ1n) is 8.12. The van der Waals surface area contributed by atoms with Crippen molar-refractivity contribution in [2.75, 3.05) is 6.54 Å². The van der Waals surface area contributed by atoms with Crippen LogP contribution < -0.4 is 0 Å². The number of nitrogens with zero attached hydrogens (tertiary/aromatic N) is 3. The maximum Gasteiger partial charge on any atom is 0.266 e. The first-order valence-corrected chi connectivity index (χ1v) is 9.00. The SMILES string of the molecule is O=C(c1cncs1)N1CCc2[nH]cnc2[C@H]1c1cc2cccc(F)c2o1. The minimum Gasteiger partial charge on any atom is -0.455 e. The number of thiazole rings is 1. The van der Waals surface area contributed by atoms with Crippen LogP contribution in [0, 0.1) is 5.82 Å². The van der Waals surface area contributed by atoms with Gasteiger partial charge >= 0.3 is 0 Å². The molecule has 0 bridgehead atoms. The van der Waals surface area contributed by atoms with Gasteiger partial charge in [0, 0.05) is 24.0 Å². The summed E-state index contributed by atoms with van der Waals surface area (Å²) in [5.41, 5.74) is 3.51. The average Bonchev–Trinajstić information content (AvgIpc) is 3.39. The van der Waals surface area contributed by atoms with E-state index in [1.54, 1.807) is 41.1 Å². The molecule has 4 aromatic rings. The molecule has 1 N–H and O–H groups in total. The smallest absolute Gasteiger partial charge is 0.266 e. The van der Waals surface area contributed by atoms with Crippen molar-refractivity contribution >= 4 is 28.2 Å². The number of H-pyrrole nitrogens is 1. The number of rotatable bonds is 2. The van der Waals surface area contributed by atoms with Crippen LogP contribution in [0.1, 0.15) is 32.9 Å². The fraction of sp³-hybridized carbons (Fsp3) is 0.167. The van der Waals surface area contributed by atoms with Gasteiger partial charge in [0.05, 0.1) is 23.7 Å².